The van der Waals surface area contributed by atoms with E-state index >= 15 is 0 Å². The van der Waals surface area contributed by atoms with Crippen molar-refractivity contribution in [1.29, 1.82) is 0 Å². The Morgan fingerprint density at radius 2 is 1.65 bits per heavy atom. The Balaban J connectivity index is 3.38. The maximum Gasteiger partial charge on any atom is 0.158 e. The Kier molecular flexibility index (Phi) is 4.61. The van der Waals surface area contributed by atoms with E-state index in [9.17, 15) is 4.79 Å². The first-order valence-corrected chi connectivity index (χ1v) is 6.05. The smallest absolute Gasteiger partial charge is 0.158 e. The fourth-order valence-electron chi connectivity index (χ4n) is 1.77. The van der Waals surface area contributed by atoms with Gasteiger partial charge >= 0.3 is 0 Å². The van der Waals surface area contributed by atoms with Crippen LogP contribution in [0.3, 0.4) is 0 Å². The molecule has 0 radical (unpaired) electrons. The second-order valence-electron chi connectivity index (χ2n) is 4.20. The molecular formula is C13H15Cl2NO. The third-order valence-electron chi connectivity index (χ3n) is 2.42. The van der Waals surface area contributed by atoms with Gasteiger partial charge < -0.3 is 5.73 Å². The molecule has 0 saturated heterocycles. The van der Waals surface area contributed by atoms with Crippen molar-refractivity contribution in [2.24, 2.45) is 11.7 Å². The maximum absolute atomic E-state index is 11.6. The molecule has 1 rings (SSSR count). The molecule has 0 bridgehead atoms. The van der Waals surface area contributed by atoms with E-state index in [-0.39, 0.29) is 11.7 Å². The summed E-state index contributed by atoms with van der Waals surface area (Å²) in [6, 6.07) is 5.03. The second kappa shape index (κ2) is 5.56. The number of halogens is 2. The van der Waals surface area contributed by atoms with E-state index < -0.39 is 0 Å². The third kappa shape index (κ3) is 3.48. The monoisotopic (exact) mass is 271 g/mol. The highest BCUT2D eigenvalue weighted by atomic mass is 35.5. The number of ketones is 1. The van der Waals surface area contributed by atoms with Crippen LogP contribution in [0.1, 0.15) is 26.3 Å². The van der Waals surface area contributed by atoms with Gasteiger partial charge in [-0.1, -0.05) is 37.0 Å². The molecular weight excluding hydrogens is 257 g/mol. The second-order valence-corrected chi connectivity index (χ2v) is 5.07. The Labute approximate surface area is 111 Å². The van der Waals surface area contributed by atoms with E-state index in [1.807, 2.05) is 13.8 Å². The fraction of sp³-hybridized carbons (Fsp3) is 0.308. The van der Waals surface area contributed by atoms with Gasteiger partial charge in [0.25, 0.3) is 0 Å². The van der Waals surface area contributed by atoms with E-state index in [2.05, 4.69) is 0 Å². The molecule has 0 unspecified atom stereocenters. The Bertz CT molecular complexity index is 458. The number of benzene rings is 1. The minimum Gasteiger partial charge on any atom is -0.398 e. The lowest BCUT2D eigenvalue weighted by Gasteiger charge is -2.13. The predicted octanol–water partition coefficient (Wildman–Crippen LogP) is 3.91. The fourth-order valence-corrected chi connectivity index (χ4v) is 2.30. The highest BCUT2D eigenvalue weighted by Gasteiger charge is 2.15. The molecule has 17 heavy (non-hydrogen) atoms. The average molecular weight is 272 g/mol. The van der Waals surface area contributed by atoms with E-state index in [0.29, 0.717) is 26.9 Å². The van der Waals surface area contributed by atoms with E-state index in [1.165, 1.54) is 6.92 Å². The van der Waals surface area contributed by atoms with Crippen LogP contribution in [0.5, 0.6) is 0 Å². The van der Waals surface area contributed by atoms with E-state index in [1.54, 1.807) is 18.2 Å². The summed E-state index contributed by atoms with van der Waals surface area (Å²) in [6.45, 7) is 5.36. The summed E-state index contributed by atoms with van der Waals surface area (Å²) in [4.78, 5) is 11.6. The van der Waals surface area contributed by atoms with Crippen LogP contribution in [0.25, 0.3) is 5.70 Å². The van der Waals surface area contributed by atoms with Gasteiger partial charge in [-0.05, 0) is 31.0 Å². The summed E-state index contributed by atoms with van der Waals surface area (Å²) in [5.41, 5.74) is 7.74. The molecule has 0 heterocycles. The van der Waals surface area contributed by atoms with Crippen molar-refractivity contribution in [3.63, 3.8) is 0 Å². The Morgan fingerprint density at radius 1 is 1.18 bits per heavy atom. The normalized spacial score (nSPS) is 12.6. The van der Waals surface area contributed by atoms with Crippen molar-refractivity contribution in [2.45, 2.75) is 20.8 Å². The van der Waals surface area contributed by atoms with Crippen molar-refractivity contribution in [3.8, 4) is 0 Å². The largest absolute Gasteiger partial charge is 0.398 e. The van der Waals surface area contributed by atoms with Gasteiger partial charge in [0.05, 0.1) is 0 Å². The van der Waals surface area contributed by atoms with Crippen molar-refractivity contribution < 1.29 is 4.79 Å². The van der Waals surface area contributed by atoms with Gasteiger partial charge in [-0.25, -0.2) is 0 Å². The predicted molar refractivity (Wildman–Crippen MR) is 73.1 cm³/mol. The summed E-state index contributed by atoms with van der Waals surface area (Å²) in [6.07, 6.45) is 0. The number of carbonyl (C=O) groups excluding carboxylic acids is 1. The molecule has 4 heteroatoms. The molecule has 0 aromatic heterocycles. The summed E-state index contributed by atoms with van der Waals surface area (Å²) < 4.78 is 0. The Morgan fingerprint density at radius 3 is 2.00 bits per heavy atom. The van der Waals surface area contributed by atoms with Gasteiger partial charge in [-0.3, -0.25) is 4.79 Å². The first kappa shape index (κ1) is 14.1. The van der Waals surface area contributed by atoms with Crippen LogP contribution >= 0.6 is 23.2 Å². The third-order valence-corrected chi connectivity index (χ3v) is 2.86. The lowest BCUT2D eigenvalue weighted by molar-refractivity contribution is -0.113. The molecule has 0 atom stereocenters. The van der Waals surface area contributed by atoms with Gasteiger partial charge in [0.1, 0.15) is 0 Å². The van der Waals surface area contributed by atoms with Gasteiger partial charge in [0.2, 0.25) is 0 Å². The number of rotatable bonds is 3. The highest BCUT2D eigenvalue weighted by molar-refractivity contribution is 6.34. The van der Waals surface area contributed by atoms with Crippen molar-refractivity contribution in [1.82, 2.24) is 0 Å². The van der Waals surface area contributed by atoms with E-state index in [4.69, 9.17) is 28.9 Å². The summed E-state index contributed by atoms with van der Waals surface area (Å²) in [7, 11) is 0. The maximum atomic E-state index is 11.6. The summed E-state index contributed by atoms with van der Waals surface area (Å²) in [5.74, 6) is 0.0267. The van der Waals surface area contributed by atoms with Gasteiger partial charge in [0.15, 0.2) is 5.78 Å². The quantitative estimate of drug-likeness (QED) is 0.848. The number of nitrogens with two attached hydrogens (primary N) is 1. The number of allylic oxidation sites excluding steroid dienone is 1. The molecule has 0 amide bonds. The molecule has 1 aromatic rings. The molecule has 92 valence electrons. The molecule has 0 aliphatic carbocycles. The van der Waals surface area contributed by atoms with E-state index in [0.717, 1.165) is 0 Å². The minimum atomic E-state index is -0.0337. The lowest BCUT2D eigenvalue weighted by Crippen LogP contribution is -2.12. The summed E-state index contributed by atoms with van der Waals surface area (Å²) >= 11 is 11.8. The van der Waals surface area contributed by atoms with Crippen molar-refractivity contribution in [2.75, 3.05) is 0 Å². The molecule has 2 N–H and O–H groups in total. The van der Waals surface area contributed by atoms with Gasteiger partial charge in [-0.2, -0.15) is 0 Å². The number of carbonyl (C=O) groups is 1. The molecule has 2 nitrogen and oxygen atoms in total. The first-order chi connectivity index (χ1) is 7.82. The lowest BCUT2D eigenvalue weighted by atomic mass is 9.94. The SMILES string of the molecule is CC(=O)/C(=C(\N)c1cc(Cl)cc(Cl)c1)C(C)C. The Hall–Kier alpha value is -0.990. The number of Topliss-reactive ketones (excluding diaryl/α,β-unsaturated/α-hetero) is 1. The standard InChI is InChI=1S/C13H15Cl2NO/c1-7(2)12(8(3)17)13(16)9-4-10(14)6-11(15)5-9/h4-7H,16H2,1-3H3/b13-12-. The topological polar surface area (TPSA) is 43.1 Å². The van der Waals surface area contributed by atoms with Gasteiger partial charge in [-0.15, -0.1) is 0 Å². The van der Waals surface area contributed by atoms with Crippen LogP contribution in [0.2, 0.25) is 10.0 Å². The average Bonchev–Trinajstić information content (AvgIpc) is 2.14. The summed E-state index contributed by atoms with van der Waals surface area (Å²) in [5, 5.41) is 1.00. The molecule has 0 fully saturated rings. The van der Waals surface area contributed by atoms with Crippen LogP contribution in [0.4, 0.5) is 0 Å². The van der Waals surface area contributed by atoms with Crippen LogP contribution in [-0.2, 0) is 4.79 Å². The number of hydrogen-bond acceptors (Lipinski definition) is 2. The zero-order valence-corrected chi connectivity index (χ0v) is 11.6. The molecule has 0 aliphatic heterocycles. The van der Waals surface area contributed by atoms with Crippen molar-refractivity contribution >= 4 is 34.7 Å². The van der Waals surface area contributed by atoms with Crippen LogP contribution in [0.15, 0.2) is 23.8 Å². The molecule has 0 aliphatic rings. The minimum absolute atomic E-state index is 0.0337. The number of hydrogen-bond donors (Lipinski definition) is 1. The molecule has 1 aromatic carbocycles. The van der Waals surface area contributed by atoms with Crippen LogP contribution in [-0.4, -0.2) is 5.78 Å². The first-order valence-electron chi connectivity index (χ1n) is 5.30. The zero-order valence-electron chi connectivity index (χ0n) is 10.1. The van der Waals surface area contributed by atoms with Crippen LogP contribution < -0.4 is 5.73 Å². The van der Waals surface area contributed by atoms with Crippen molar-refractivity contribution in [3.05, 3.63) is 39.4 Å². The van der Waals surface area contributed by atoms with Gasteiger partial charge in [0, 0.05) is 26.9 Å². The molecule has 0 spiro atoms. The van der Waals surface area contributed by atoms with Crippen LogP contribution in [0, 0.1) is 5.92 Å². The molecule has 0 saturated carbocycles. The zero-order chi connectivity index (χ0) is 13.2. The highest BCUT2D eigenvalue weighted by Crippen LogP contribution is 2.26.